The third kappa shape index (κ3) is 4.13. The van der Waals surface area contributed by atoms with Gasteiger partial charge in [-0.2, -0.15) is 0 Å². The molecule has 0 aliphatic carbocycles. The molecule has 0 unspecified atom stereocenters. The van der Waals surface area contributed by atoms with Crippen molar-refractivity contribution in [2.24, 2.45) is 0 Å². The second-order valence-corrected chi connectivity index (χ2v) is 6.80. The average Bonchev–Trinajstić information content (AvgIpc) is 3.08. The molecule has 0 fully saturated rings. The van der Waals surface area contributed by atoms with Crippen LogP contribution in [-0.4, -0.2) is 34.4 Å². The summed E-state index contributed by atoms with van der Waals surface area (Å²) in [7, 11) is -3.43. The molecule has 7 nitrogen and oxygen atoms in total. The molecule has 0 aliphatic heterocycles. The molecular formula is C15H15N5O2S. The number of hydrogen-bond acceptors (Lipinski definition) is 5. The van der Waals surface area contributed by atoms with Crippen LogP contribution in [0.2, 0.25) is 0 Å². The largest absolute Gasteiger partial charge is 0.283 e. The van der Waals surface area contributed by atoms with Gasteiger partial charge in [0.05, 0.1) is 17.1 Å². The monoisotopic (exact) mass is 329 g/mol. The van der Waals surface area contributed by atoms with E-state index in [1.165, 1.54) is 11.0 Å². The summed E-state index contributed by atoms with van der Waals surface area (Å²) in [6, 6.07) is 16.4. The quantitative estimate of drug-likeness (QED) is 0.742. The molecule has 23 heavy (non-hydrogen) atoms. The summed E-state index contributed by atoms with van der Waals surface area (Å²) in [5.74, 6) is 0.0200. The summed E-state index contributed by atoms with van der Waals surface area (Å²) in [5.41, 5.74) is 2.14. The minimum Gasteiger partial charge on any atom is -0.283 e. The zero-order chi connectivity index (χ0) is 16.1. The van der Waals surface area contributed by atoms with Crippen LogP contribution < -0.4 is 4.72 Å². The average molecular weight is 329 g/mol. The number of hydrogen-bond donors (Lipinski definition) is 1. The SMILES string of the molecule is O=S(=O)(CCc1ccccc1)Nc1cccc(-n2cnnn2)c1. The fraction of sp³-hybridized carbons (Fsp3) is 0.133. The number of nitrogens with zero attached hydrogens (tertiary/aromatic N) is 4. The van der Waals surface area contributed by atoms with Gasteiger partial charge in [-0.15, -0.1) is 5.10 Å². The van der Waals surface area contributed by atoms with Crippen LogP contribution in [0, 0.1) is 0 Å². The van der Waals surface area contributed by atoms with E-state index in [0.29, 0.717) is 17.8 Å². The number of aryl methyl sites for hydroxylation is 1. The van der Waals surface area contributed by atoms with Gasteiger partial charge in [0.15, 0.2) is 0 Å². The molecule has 0 saturated carbocycles. The number of sulfonamides is 1. The lowest BCUT2D eigenvalue weighted by Crippen LogP contribution is -2.18. The van der Waals surface area contributed by atoms with Gasteiger partial charge < -0.3 is 0 Å². The molecule has 3 rings (SSSR count). The molecule has 0 aliphatic rings. The predicted molar refractivity (Wildman–Crippen MR) is 86.7 cm³/mol. The van der Waals surface area contributed by atoms with Gasteiger partial charge >= 0.3 is 0 Å². The molecule has 1 aromatic heterocycles. The third-order valence-corrected chi connectivity index (χ3v) is 4.52. The Kier molecular flexibility index (Phi) is 4.33. The van der Waals surface area contributed by atoms with Crippen molar-refractivity contribution in [3.05, 3.63) is 66.5 Å². The molecule has 3 aromatic rings. The highest BCUT2D eigenvalue weighted by atomic mass is 32.2. The first-order valence-electron chi connectivity index (χ1n) is 7.00. The number of tetrazole rings is 1. The van der Waals surface area contributed by atoms with Gasteiger partial charge in [-0.3, -0.25) is 4.72 Å². The molecule has 118 valence electrons. The Balaban J connectivity index is 1.69. The van der Waals surface area contributed by atoms with E-state index in [-0.39, 0.29) is 5.75 Å². The highest BCUT2D eigenvalue weighted by Crippen LogP contribution is 2.15. The highest BCUT2D eigenvalue weighted by Gasteiger charge is 2.11. The molecular weight excluding hydrogens is 314 g/mol. The van der Waals surface area contributed by atoms with Gasteiger partial charge in [-0.25, -0.2) is 13.1 Å². The maximum absolute atomic E-state index is 12.2. The van der Waals surface area contributed by atoms with Crippen LogP contribution in [0.25, 0.3) is 5.69 Å². The first-order valence-corrected chi connectivity index (χ1v) is 8.65. The Bertz CT molecular complexity index is 864. The molecule has 0 saturated heterocycles. The number of rotatable bonds is 6. The van der Waals surface area contributed by atoms with Crippen molar-refractivity contribution in [1.29, 1.82) is 0 Å². The maximum atomic E-state index is 12.2. The smallest absolute Gasteiger partial charge is 0.233 e. The summed E-state index contributed by atoms with van der Waals surface area (Å²) in [4.78, 5) is 0. The highest BCUT2D eigenvalue weighted by molar-refractivity contribution is 7.92. The van der Waals surface area contributed by atoms with Crippen molar-refractivity contribution >= 4 is 15.7 Å². The number of nitrogens with one attached hydrogen (secondary N) is 1. The second kappa shape index (κ2) is 6.57. The van der Waals surface area contributed by atoms with Crippen LogP contribution in [0.4, 0.5) is 5.69 Å². The molecule has 0 radical (unpaired) electrons. The van der Waals surface area contributed by atoms with Crippen LogP contribution in [0.1, 0.15) is 5.56 Å². The third-order valence-electron chi connectivity index (χ3n) is 3.24. The number of benzene rings is 2. The normalized spacial score (nSPS) is 11.3. The van der Waals surface area contributed by atoms with E-state index in [0.717, 1.165) is 5.56 Å². The Morgan fingerprint density at radius 3 is 2.61 bits per heavy atom. The van der Waals surface area contributed by atoms with Crippen molar-refractivity contribution in [2.45, 2.75) is 6.42 Å². The fourth-order valence-electron chi connectivity index (χ4n) is 2.12. The Hall–Kier alpha value is -2.74. The molecule has 1 N–H and O–H groups in total. The standard InChI is InChI=1S/C15H15N5O2S/c21-23(22,10-9-13-5-2-1-3-6-13)17-14-7-4-8-15(11-14)20-12-16-18-19-20/h1-8,11-12,17H,9-10H2. The van der Waals surface area contributed by atoms with Crippen molar-refractivity contribution in [3.8, 4) is 5.69 Å². The van der Waals surface area contributed by atoms with Crippen LogP contribution in [-0.2, 0) is 16.4 Å². The lowest BCUT2D eigenvalue weighted by Gasteiger charge is -2.09. The molecule has 0 bridgehead atoms. The molecule has 2 aromatic carbocycles. The molecule has 0 spiro atoms. The maximum Gasteiger partial charge on any atom is 0.233 e. The summed E-state index contributed by atoms with van der Waals surface area (Å²) in [6.45, 7) is 0. The summed E-state index contributed by atoms with van der Waals surface area (Å²) >= 11 is 0. The summed E-state index contributed by atoms with van der Waals surface area (Å²) in [5, 5.41) is 10.9. The zero-order valence-electron chi connectivity index (χ0n) is 12.2. The molecule has 1 heterocycles. The van der Waals surface area contributed by atoms with E-state index in [1.807, 2.05) is 30.3 Å². The Labute approximate surface area is 134 Å². The van der Waals surface area contributed by atoms with E-state index >= 15 is 0 Å². The fourth-order valence-corrected chi connectivity index (χ4v) is 3.21. The van der Waals surface area contributed by atoms with Gasteiger partial charge in [-0.1, -0.05) is 36.4 Å². The van der Waals surface area contributed by atoms with Crippen LogP contribution in [0.15, 0.2) is 60.9 Å². The lowest BCUT2D eigenvalue weighted by molar-refractivity contribution is 0.600. The Morgan fingerprint density at radius 2 is 1.87 bits per heavy atom. The van der Waals surface area contributed by atoms with Gasteiger partial charge in [0.2, 0.25) is 10.0 Å². The first-order chi connectivity index (χ1) is 11.1. The minimum absolute atomic E-state index is 0.0200. The van der Waals surface area contributed by atoms with Crippen LogP contribution >= 0.6 is 0 Å². The zero-order valence-corrected chi connectivity index (χ0v) is 13.0. The van der Waals surface area contributed by atoms with Crippen molar-refractivity contribution in [2.75, 3.05) is 10.5 Å². The minimum atomic E-state index is -3.43. The van der Waals surface area contributed by atoms with E-state index < -0.39 is 10.0 Å². The number of aromatic nitrogens is 4. The van der Waals surface area contributed by atoms with Crippen molar-refractivity contribution < 1.29 is 8.42 Å². The lowest BCUT2D eigenvalue weighted by atomic mass is 10.2. The van der Waals surface area contributed by atoms with E-state index in [4.69, 9.17) is 0 Å². The van der Waals surface area contributed by atoms with Crippen LogP contribution in [0.3, 0.4) is 0 Å². The van der Waals surface area contributed by atoms with Gasteiger partial charge in [-0.05, 0) is 40.6 Å². The number of anilines is 1. The van der Waals surface area contributed by atoms with Crippen molar-refractivity contribution in [3.63, 3.8) is 0 Å². The molecule has 0 amide bonds. The topological polar surface area (TPSA) is 89.8 Å². The Morgan fingerprint density at radius 1 is 1.04 bits per heavy atom. The van der Waals surface area contributed by atoms with Crippen LogP contribution in [0.5, 0.6) is 0 Å². The van der Waals surface area contributed by atoms with Crippen molar-refractivity contribution in [1.82, 2.24) is 20.2 Å². The van der Waals surface area contributed by atoms with Gasteiger partial charge in [0.25, 0.3) is 0 Å². The van der Waals surface area contributed by atoms with E-state index in [9.17, 15) is 8.42 Å². The molecule has 0 atom stereocenters. The predicted octanol–water partition coefficient (Wildman–Crippen LogP) is 1.65. The second-order valence-electron chi connectivity index (χ2n) is 4.96. The van der Waals surface area contributed by atoms with Gasteiger partial charge in [0, 0.05) is 0 Å². The summed E-state index contributed by atoms with van der Waals surface area (Å²) in [6.07, 6.45) is 1.91. The summed E-state index contributed by atoms with van der Waals surface area (Å²) < 4.78 is 28.5. The molecule has 8 heteroatoms. The van der Waals surface area contributed by atoms with E-state index in [2.05, 4.69) is 20.2 Å². The first kappa shape index (κ1) is 15.2. The van der Waals surface area contributed by atoms with Gasteiger partial charge in [0.1, 0.15) is 6.33 Å². The van der Waals surface area contributed by atoms with E-state index in [1.54, 1.807) is 24.3 Å².